The third-order valence-electron chi connectivity index (χ3n) is 2.74. The van der Waals surface area contributed by atoms with Crippen LogP contribution in [0.2, 0.25) is 0 Å². The fraction of sp³-hybridized carbons (Fsp3) is 0.455. The Labute approximate surface area is 89.3 Å². The molecule has 0 saturated carbocycles. The van der Waals surface area contributed by atoms with Crippen molar-refractivity contribution in [1.29, 1.82) is 0 Å². The zero-order valence-corrected chi connectivity index (χ0v) is 8.81. The summed E-state index contributed by atoms with van der Waals surface area (Å²) in [6, 6.07) is 5.58. The minimum Gasteiger partial charge on any atom is -0.497 e. The summed E-state index contributed by atoms with van der Waals surface area (Å²) in [7, 11) is 1.63. The van der Waals surface area contributed by atoms with Gasteiger partial charge in [-0.25, -0.2) is 0 Å². The maximum atomic E-state index is 9.46. The van der Waals surface area contributed by atoms with Crippen LogP contribution in [-0.2, 0) is 0 Å². The Morgan fingerprint density at radius 3 is 2.93 bits per heavy atom. The van der Waals surface area contributed by atoms with Gasteiger partial charge in [0, 0.05) is 19.2 Å². The molecule has 2 rings (SSSR count). The third kappa shape index (κ3) is 1.99. The van der Waals surface area contributed by atoms with Gasteiger partial charge >= 0.3 is 0 Å². The lowest BCUT2D eigenvalue weighted by atomic mass is 10.2. The van der Waals surface area contributed by atoms with Gasteiger partial charge in [0.25, 0.3) is 0 Å². The van der Waals surface area contributed by atoms with Crippen molar-refractivity contribution in [2.45, 2.75) is 12.5 Å². The Kier molecular flexibility index (Phi) is 2.68. The second-order valence-corrected chi connectivity index (χ2v) is 3.81. The molecule has 0 bridgehead atoms. The van der Waals surface area contributed by atoms with Gasteiger partial charge in [0.2, 0.25) is 0 Å². The number of hydrogen-bond acceptors (Lipinski definition) is 4. The van der Waals surface area contributed by atoms with E-state index in [0.29, 0.717) is 6.54 Å². The van der Waals surface area contributed by atoms with E-state index in [9.17, 15) is 5.11 Å². The van der Waals surface area contributed by atoms with Crippen LogP contribution in [0.4, 0.5) is 11.4 Å². The fourth-order valence-corrected chi connectivity index (χ4v) is 1.88. The van der Waals surface area contributed by atoms with E-state index in [4.69, 9.17) is 10.5 Å². The highest BCUT2D eigenvalue weighted by molar-refractivity contribution is 5.70. The molecule has 1 aromatic carbocycles. The standard InChI is InChI=1S/C11H16N2O2/c1-15-9-2-3-10(12)11(6-9)13-5-4-8(14)7-13/h2-3,6,8,14H,4-5,7,12H2,1H3. The number of aliphatic hydroxyl groups excluding tert-OH is 1. The first kappa shape index (κ1) is 10.1. The quantitative estimate of drug-likeness (QED) is 0.707. The summed E-state index contributed by atoms with van der Waals surface area (Å²) >= 11 is 0. The van der Waals surface area contributed by atoms with Gasteiger partial charge < -0.3 is 20.5 Å². The Balaban J connectivity index is 2.26. The fourth-order valence-electron chi connectivity index (χ4n) is 1.88. The molecule has 3 N–H and O–H groups in total. The largest absolute Gasteiger partial charge is 0.497 e. The summed E-state index contributed by atoms with van der Waals surface area (Å²) < 4.78 is 5.15. The molecule has 1 aliphatic rings. The summed E-state index contributed by atoms with van der Waals surface area (Å²) in [6.45, 7) is 1.50. The molecule has 0 aliphatic carbocycles. The summed E-state index contributed by atoms with van der Waals surface area (Å²) in [4.78, 5) is 2.09. The summed E-state index contributed by atoms with van der Waals surface area (Å²) in [5, 5.41) is 9.46. The van der Waals surface area contributed by atoms with Gasteiger partial charge in [-0.2, -0.15) is 0 Å². The van der Waals surface area contributed by atoms with Crippen LogP contribution in [0.5, 0.6) is 5.75 Å². The molecule has 1 heterocycles. The number of β-amino-alcohol motifs (C(OH)–C–C–N with tert-alkyl or cyclic N) is 1. The zero-order valence-electron chi connectivity index (χ0n) is 8.81. The van der Waals surface area contributed by atoms with Crippen molar-refractivity contribution in [2.75, 3.05) is 30.8 Å². The lowest BCUT2D eigenvalue weighted by Gasteiger charge is -2.20. The summed E-state index contributed by atoms with van der Waals surface area (Å²) in [5.74, 6) is 0.792. The van der Waals surface area contributed by atoms with Crippen LogP contribution in [0.3, 0.4) is 0 Å². The number of benzene rings is 1. The van der Waals surface area contributed by atoms with E-state index in [-0.39, 0.29) is 6.10 Å². The van der Waals surface area contributed by atoms with Crippen LogP contribution < -0.4 is 15.4 Å². The highest BCUT2D eigenvalue weighted by Crippen LogP contribution is 2.30. The first-order valence-corrected chi connectivity index (χ1v) is 5.07. The first-order chi connectivity index (χ1) is 7.20. The van der Waals surface area contributed by atoms with E-state index < -0.39 is 0 Å². The minimum atomic E-state index is -0.240. The number of rotatable bonds is 2. The Hall–Kier alpha value is -1.42. The predicted molar refractivity (Wildman–Crippen MR) is 60.2 cm³/mol. The van der Waals surface area contributed by atoms with Crippen LogP contribution in [-0.4, -0.2) is 31.4 Å². The van der Waals surface area contributed by atoms with Crippen molar-refractivity contribution >= 4 is 11.4 Å². The number of nitrogens with two attached hydrogens (primary N) is 1. The van der Waals surface area contributed by atoms with Crippen molar-refractivity contribution in [3.05, 3.63) is 18.2 Å². The normalized spacial score (nSPS) is 20.7. The molecule has 1 aromatic rings. The Morgan fingerprint density at radius 1 is 1.53 bits per heavy atom. The molecule has 0 amide bonds. The summed E-state index contributed by atoms with van der Waals surface area (Å²) in [5.41, 5.74) is 7.57. The highest BCUT2D eigenvalue weighted by Gasteiger charge is 2.22. The van der Waals surface area contributed by atoms with E-state index in [1.165, 1.54) is 0 Å². The molecule has 82 valence electrons. The number of ether oxygens (including phenoxy) is 1. The maximum absolute atomic E-state index is 9.46. The highest BCUT2D eigenvalue weighted by atomic mass is 16.5. The van der Waals surface area contributed by atoms with Crippen LogP contribution >= 0.6 is 0 Å². The molecule has 1 atom stereocenters. The molecule has 1 saturated heterocycles. The second-order valence-electron chi connectivity index (χ2n) is 3.81. The average Bonchev–Trinajstić information content (AvgIpc) is 2.65. The van der Waals surface area contributed by atoms with Crippen LogP contribution in [0, 0.1) is 0 Å². The van der Waals surface area contributed by atoms with Crippen molar-refractivity contribution in [3.63, 3.8) is 0 Å². The molecular formula is C11H16N2O2. The van der Waals surface area contributed by atoms with Gasteiger partial charge in [-0.3, -0.25) is 0 Å². The second kappa shape index (κ2) is 3.98. The molecule has 0 aromatic heterocycles. The van der Waals surface area contributed by atoms with Gasteiger partial charge in [-0.15, -0.1) is 0 Å². The van der Waals surface area contributed by atoms with Crippen LogP contribution in [0.25, 0.3) is 0 Å². The minimum absolute atomic E-state index is 0.240. The first-order valence-electron chi connectivity index (χ1n) is 5.07. The summed E-state index contributed by atoms with van der Waals surface area (Å²) in [6.07, 6.45) is 0.562. The predicted octanol–water partition coefficient (Wildman–Crippen LogP) is 0.848. The number of methoxy groups -OCH3 is 1. The zero-order chi connectivity index (χ0) is 10.8. The monoisotopic (exact) mass is 208 g/mol. The van der Waals surface area contributed by atoms with Crippen LogP contribution in [0.1, 0.15) is 6.42 Å². The molecule has 1 unspecified atom stereocenters. The van der Waals surface area contributed by atoms with Crippen molar-refractivity contribution in [3.8, 4) is 5.75 Å². The van der Waals surface area contributed by atoms with E-state index in [1.807, 2.05) is 18.2 Å². The van der Waals surface area contributed by atoms with E-state index in [0.717, 1.165) is 30.1 Å². The topological polar surface area (TPSA) is 58.7 Å². The van der Waals surface area contributed by atoms with Gasteiger partial charge in [-0.05, 0) is 18.6 Å². The number of nitrogens with zero attached hydrogens (tertiary/aromatic N) is 1. The molecule has 1 fully saturated rings. The van der Waals surface area contributed by atoms with Gasteiger partial charge in [0.15, 0.2) is 0 Å². The van der Waals surface area contributed by atoms with Crippen LogP contribution in [0.15, 0.2) is 18.2 Å². The number of hydrogen-bond donors (Lipinski definition) is 2. The lowest BCUT2D eigenvalue weighted by molar-refractivity contribution is 0.198. The number of nitrogen functional groups attached to an aromatic ring is 1. The van der Waals surface area contributed by atoms with E-state index in [2.05, 4.69) is 4.90 Å². The molecule has 0 radical (unpaired) electrons. The number of aliphatic hydroxyl groups is 1. The molecule has 4 heteroatoms. The maximum Gasteiger partial charge on any atom is 0.121 e. The van der Waals surface area contributed by atoms with Gasteiger partial charge in [-0.1, -0.05) is 0 Å². The molecule has 15 heavy (non-hydrogen) atoms. The van der Waals surface area contributed by atoms with E-state index >= 15 is 0 Å². The number of anilines is 2. The lowest BCUT2D eigenvalue weighted by Crippen LogP contribution is -2.22. The average molecular weight is 208 g/mol. The Bertz CT molecular complexity index is 354. The third-order valence-corrected chi connectivity index (χ3v) is 2.74. The Morgan fingerprint density at radius 2 is 2.33 bits per heavy atom. The van der Waals surface area contributed by atoms with Crippen molar-refractivity contribution in [1.82, 2.24) is 0 Å². The molecule has 4 nitrogen and oxygen atoms in total. The van der Waals surface area contributed by atoms with Crippen molar-refractivity contribution < 1.29 is 9.84 Å². The molecule has 1 aliphatic heterocycles. The molecule has 0 spiro atoms. The van der Waals surface area contributed by atoms with Gasteiger partial charge in [0.05, 0.1) is 24.6 Å². The smallest absolute Gasteiger partial charge is 0.121 e. The van der Waals surface area contributed by atoms with Gasteiger partial charge in [0.1, 0.15) is 5.75 Å². The SMILES string of the molecule is COc1ccc(N)c(N2CCC(O)C2)c1. The van der Waals surface area contributed by atoms with E-state index in [1.54, 1.807) is 7.11 Å². The molecular weight excluding hydrogens is 192 g/mol. The van der Waals surface area contributed by atoms with Crippen molar-refractivity contribution in [2.24, 2.45) is 0 Å².